The number of piperidine rings is 1. The predicted octanol–water partition coefficient (Wildman–Crippen LogP) is 4.80. The molecule has 0 bridgehead atoms. The number of nitrogens with zero attached hydrogens (tertiary/aromatic N) is 1. The fraction of sp³-hybridized carbons (Fsp3) is 0.464. The van der Waals surface area contributed by atoms with Crippen molar-refractivity contribution in [1.82, 2.24) is 10.2 Å². The number of alkyl carbamates (subject to hydrolysis) is 1. The molecule has 1 saturated heterocycles. The van der Waals surface area contributed by atoms with Crippen LogP contribution in [0.3, 0.4) is 0 Å². The lowest BCUT2D eigenvalue weighted by Gasteiger charge is -2.41. The standard InChI is InChI=1S/C28H34N2O5/c1-4-14-28(3,26(33)30-15-13-18(2)16-24(30)25(31)32)29-27(34)35-17-23-21-11-7-5-9-19(21)20-10-6-8-12-22(20)23/h5-12,18,23-24H,4,13-17H2,1-3H3,(H,29,34)(H,31,32). The minimum atomic E-state index is -1.24. The fourth-order valence-electron chi connectivity index (χ4n) is 5.52. The Morgan fingerprint density at radius 3 is 2.26 bits per heavy atom. The van der Waals surface area contributed by atoms with Gasteiger partial charge in [-0.3, -0.25) is 4.79 Å². The molecule has 1 aliphatic heterocycles. The zero-order valence-corrected chi connectivity index (χ0v) is 20.6. The number of fused-ring (bicyclic) bond motifs is 3. The van der Waals surface area contributed by atoms with Gasteiger partial charge in [0.15, 0.2) is 0 Å². The van der Waals surface area contributed by atoms with Gasteiger partial charge in [-0.1, -0.05) is 68.8 Å². The average molecular weight is 479 g/mol. The molecule has 0 radical (unpaired) electrons. The molecule has 3 atom stereocenters. The van der Waals surface area contributed by atoms with Crippen molar-refractivity contribution in [1.29, 1.82) is 0 Å². The van der Waals surface area contributed by atoms with E-state index in [2.05, 4.69) is 29.6 Å². The number of aliphatic carboxylic acids is 1. The topological polar surface area (TPSA) is 95.9 Å². The maximum atomic E-state index is 13.5. The molecule has 186 valence electrons. The largest absolute Gasteiger partial charge is 0.480 e. The second kappa shape index (κ2) is 10.1. The molecule has 35 heavy (non-hydrogen) atoms. The van der Waals surface area contributed by atoms with E-state index in [1.54, 1.807) is 6.92 Å². The van der Waals surface area contributed by atoms with Gasteiger partial charge in [-0.15, -0.1) is 0 Å². The Kier molecular flexibility index (Phi) is 7.15. The highest BCUT2D eigenvalue weighted by Crippen LogP contribution is 2.44. The number of ether oxygens (including phenoxy) is 1. The summed E-state index contributed by atoms with van der Waals surface area (Å²) < 4.78 is 5.67. The molecule has 0 saturated carbocycles. The van der Waals surface area contributed by atoms with Crippen molar-refractivity contribution < 1.29 is 24.2 Å². The van der Waals surface area contributed by atoms with Gasteiger partial charge in [0.25, 0.3) is 0 Å². The van der Waals surface area contributed by atoms with E-state index in [1.165, 1.54) is 4.90 Å². The number of carbonyl (C=O) groups is 3. The Morgan fingerprint density at radius 2 is 1.69 bits per heavy atom. The Hall–Kier alpha value is -3.35. The van der Waals surface area contributed by atoms with Crippen molar-refractivity contribution in [3.05, 3.63) is 59.7 Å². The van der Waals surface area contributed by atoms with E-state index in [4.69, 9.17) is 4.74 Å². The third-order valence-electron chi connectivity index (χ3n) is 7.35. The molecule has 0 aromatic heterocycles. The highest BCUT2D eigenvalue weighted by atomic mass is 16.5. The van der Waals surface area contributed by atoms with Gasteiger partial charge in [0, 0.05) is 12.5 Å². The maximum Gasteiger partial charge on any atom is 0.408 e. The molecule has 1 aliphatic carbocycles. The van der Waals surface area contributed by atoms with Crippen molar-refractivity contribution in [2.75, 3.05) is 13.2 Å². The van der Waals surface area contributed by atoms with Crippen LogP contribution in [-0.2, 0) is 14.3 Å². The summed E-state index contributed by atoms with van der Waals surface area (Å²) in [5.74, 6) is -1.23. The molecular weight excluding hydrogens is 444 g/mol. The smallest absolute Gasteiger partial charge is 0.408 e. The van der Waals surface area contributed by atoms with Gasteiger partial charge in [0.1, 0.15) is 18.2 Å². The molecule has 2 aromatic rings. The molecule has 2 aliphatic rings. The lowest BCUT2D eigenvalue weighted by atomic mass is 9.88. The molecular formula is C28H34N2O5. The van der Waals surface area contributed by atoms with Gasteiger partial charge in [-0.25, -0.2) is 9.59 Å². The first-order chi connectivity index (χ1) is 16.7. The number of hydrogen-bond donors (Lipinski definition) is 2. The number of rotatable bonds is 7. The zero-order chi connectivity index (χ0) is 25.2. The average Bonchev–Trinajstić information content (AvgIpc) is 3.16. The highest BCUT2D eigenvalue weighted by molar-refractivity contribution is 5.92. The van der Waals surface area contributed by atoms with Crippen LogP contribution in [0.25, 0.3) is 11.1 Å². The van der Waals surface area contributed by atoms with Crippen molar-refractivity contribution in [2.45, 2.75) is 64.0 Å². The van der Waals surface area contributed by atoms with Gasteiger partial charge in [0.2, 0.25) is 5.91 Å². The molecule has 7 nitrogen and oxygen atoms in total. The summed E-state index contributed by atoms with van der Waals surface area (Å²) in [4.78, 5) is 39.8. The van der Waals surface area contributed by atoms with E-state index in [1.807, 2.05) is 38.1 Å². The van der Waals surface area contributed by atoms with Crippen molar-refractivity contribution in [3.63, 3.8) is 0 Å². The van der Waals surface area contributed by atoms with Crippen LogP contribution in [0.1, 0.15) is 63.5 Å². The quantitative estimate of drug-likeness (QED) is 0.596. The second-order valence-corrected chi connectivity index (χ2v) is 10.0. The summed E-state index contributed by atoms with van der Waals surface area (Å²) >= 11 is 0. The number of benzene rings is 2. The van der Waals surface area contributed by atoms with Gasteiger partial charge in [-0.05, 0) is 54.4 Å². The first-order valence-corrected chi connectivity index (χ1v) is 12.4. The van der Waals surface area contributed by atoms with E-state index in [9.17, 15) is 19.5 Å². The van der Waals surface area contributed by atoms with Crippen LogP contribution in [0, 0.1) is 5.92 Å². The first kappa shape index (κ1) is 24.8. The monoisotopic (exact) mass is 478 g/mol. The summed E-state index contributed by atoms with van der Waals surface area (Å²) in [7, 11) is 0. The molecule has 4 rings (SSSR count). The molecule has 2 aromatic carbocycles. The van der Waals surface area contributed by atoms with Crippen LogP contribution in [0.2, 0.25) is 0 Å². The Balaban J connectivity index is 1.48. The van der Waals surface area contributed by atoms with Crippen molar-refractivity contribution >= 4 is 18.0 Å². The molecule has 0 spiro atoms. The third-order valence-corrected chi connectivity index (χ3v) is 7.35. The molecule has 2 N–H and O–H groups in total. The SMILES string of the molecule is CCCC(C)(NC(=O)OCC1c2ccccc2-c2ccccc21)C(=O)N1CCC(C)CC1C(=O)O. The Bertz CT molecular complexity index is 1070. The van der Waals surface area contributed by atoms with Crippen molar-refractivity contribution in [3.8, 4) is 11.1 Å². The normalized spacial score (nSPS) is 20.9. The van der Waals surface area contributed by atoms with Gasteiger partial charge < -0.3 is 20.1 Å². The lowest BCUT2D eigenvalue weighted by Crippen LogP contribution is -2.62. The zero-order valence-electron chi connectivity index (χ0n) is 20.6. The van der Waals surface area contributed by atoms with E-state index in [0.29, 0.717) is 25.8 Å². The van der Waals surface area contributed by atoms with Gasteiger partial charge >= 0.3 is 12.1 Å². The van der Waals surface area contributed by atoms with Crippen LogP contribution >= 0.6 is 0 Å². The Morgan fingerprint density at radius 1 is 1.09 bits per heavy atom. The molecule has 1 fully saturated rings. The predicted molar refractivity (Wildman–Crippen MR) is 133 cm³/mol. The van der Waals surface area contributed by atoms with E-state index < -0.39 is 23.6 Å². The summed E-state index contributed by atoms with van der Waals surface area (Å²) in [5.41, 5.74) is 3.26. The number of likely N-dealkylation sites (tertiary alicyclic amines) is 1. The van der Waals surface area contributed by atoms with E-state index in [0.717, 1.165) is 28.7 Å². The number of hydrogen-bond acceptors (Lipinski definition) is 4. The van der Waals surface area contributed by atoms with Gasteiger partial charge in [0.05, 0.1) is 0 Å². The maximum absolute atomic E-state index is 13.5. The molecule has 7 heteroatoms. The highest BCUT2D eigenvalue weighted by Gasteiger charge is 2.44. The van der Waals surface area contributed by atoms with Gasteiger partial charge in [-0.2, -0.15) is 0 Å². The van der Waals surface area contributed by atoms with Crippen LogP contribution in [-0.4, -0.2) is 52.7 Å². The first-order valence-electron chi connectivity index (χ1n) is 12.4. The van der Waals surface area contributed by atoms with Crippen LogP contribution in [0.15, 0.2) is 48.5 Å². The van der Waals surface area contributed by atoms with Crippen LogP contribution in [0.5, 0.6) is 0 Å². The van der Waals surface area contributed by atoms with Crippen LogP contribution < -0.4 is 5.32 Å². The number of carboxylic acids is 1. The Labute approximate surface area is 206 Å². The molecule has 1 heterocycles. The second-order valence-electron chi connectivity index (χ2n) is 10.0. The third kappa shape index (κ3) is 4.90. The van der Waals surface area contributed by atoms with E-state index >= 15 is 0 Å². The summed E-state index contributed by atoms with van der Waals surface area (Å²) in [6.07, 6.45) is 1.51. The molecule has 2 amide bonds. The minimum Gasteiger partial charge on any atom is -0.480 e. The van der Waals surface area contributed by atoms with Crippen LogP contribution in [0.4, 0.5) is 4.79 Å². The summed E-state index contributed by atoms with van der Waals surface area (Å²) in [6, 6.07) is 15.3. The number of carboxylic acid groups (broad SMARTS) is 1. The summed E-state index contributed by atoms with van der Waals surface area (Å²) in [5, 5.41) is 12.5. The fourth-order valence-corrected chi connectivity index (χ4v) is 5.52. The lowest BCUT2D eigenvalue weighted by molar-refractivity contribution is -0.156. The number of nitrogens with one attached hydrogen (secondary N) is 1. The minimum absolute atomic E-state index is 0.0822. The summed E-state index contributed by atoms with van der Waals surface area (Å²) in [6.45, 7) is 6.10. The number of carbonyl (C=O) groups excluding carboxylic acids is 2. The van der Waals surface area contributed by atoms with Crippen molar-refractivity contribution in [2.24, 2.45) is 5.92 Å². The van der Waals surface area contributed by atoms with E-state index in [-0.39, 0.29) is 24.3 Å². The number of amides is 2. The molecule has 3 unspecified atom stereocenters.